The van der Waals surface area contributed by atoms with E-state index in [2.05, 4.69) is 14.9 Å². The first kappa shape index (κ1) is 26.0. The van der Waals surface area contributed by atoms with Crippen molar-refractivity contribution in [3.05, 3.63) is 71.7 Å². The molecule has 2 aliphatic rings. The molecule has 2 unspecified atom stereocenters. The van der Waals surface area contributed by atoms with Crippen LogP contribution < -0.4 is 4.74 Å². The summed E-state index contributed by atoms with van der Waals surface area (Å²) in [6.07, 6.45) is -3.56. The number of benzene rings is 2. The maximum atomic E-state index is 14.3. The van der Waals surface area contributed by atoms with Gasteiger partial charge in [-0.25, -0.2) is 9.18 Å². The van der Waals surface area contributed by atoms with Crippen molar-refractivity contribution in [2.24, 2.45) is 0 Å². The SMILES string of the molecule is O=C(N1CCC(O)CC1)N1CC(c2ccc(OC(F)(F)F)cc2)CC(c2cc(-c3ccccc3F)n[nH]2)C1. The topological polar surface area (TPSA) is 81.7 Å². The van der Waals surface area contributed by atoms with Crippen molar-refractivity contribution >= 4 is 6.03 Å². The smallest absolute Gasteiger partial charge is 0.406 e. The quantitative estimate of drug-likeness (QED) is 0.449. The first-order valence-electron chi connectivity index (χ1n) is 12.5. The highest BCUT2D eigenvalue weighted by Gasteiger charge is 2.36. The lowest BCUT2D eigenvalue weighted by Crippen LogP contribution is -2.51. The van der Waals surface area contributed by atoms with Gasteiger partial charge in [-0.1, -0.05) is 24.3 Å². The number of hydrogen-bond donors (Lipinski definition) is 2. The van der Waals surface area contributed by atoms with Gasteiger partial charge in [0, 0.05) is 49.3 Å². The van der Waals surface area contributed by atoms with Crippen molar-refractivity contribution in [3.8, 4) is 17.0 Å². The Bertz CT molecular complexity index is 1260. The average Bonchev–Trinajstić information content (AvgIpc) is 3.38. The minimum atomic E-state index is -4.78. The number of carbonyl (C=O) groups excluding carboxylic acids is 1. The summed E-state index contributed by atoms with van der Waals surface area (Å²) in [5.74, 6) is -1.02. The number of aromatic nitrogens is 2. The van der Waals surface area contributed by atoms with Crippen LogP contribution >= 0.6 is 0 Å². The third-order valence-electron chi connectivity index (χ3n) is 7.23. The fourth-order valence-corrected chi connectivity index (χ4v) is 5.27. The monoisotopic (exact) mass is 532 g/mol. The Morgan fingerprint density at radius 3 is 2.37 bits per heavy atom. The standard InChI is InChI=1S/C27H28F4N4O3/c28-23-4-2-1-3-22(23)25-14-24(32-33-25)19-13-18(17-5-7-21(8-6-17)38-27(29,30)31)15-35(16-19)26(37)34-11-9-20(36)10-12-34/h1-8,14,18-20,36H,9-13,15-16H2,(H,32,33). The number of hydrogen-bond acceptors (Lipinski definition) is 4. The van der Waals surface area contributed by atoms with E-state index in [0.29, 0.717) is 56.7 Å². The molecule has 3 aromatic rings. The van der Waals surface area contributed by atoms with Crippen LogP contribution in [0.25, 0.3) is 11.3 Å². The zero-order valence-corrected chi connectivity index (χ0v) is 20.5. The molecule has 2 amide bonds. The highest BCUT2D eigenvalue weighted by Crippen LogP contribution is 2.38. The van der Waals surface area contributed by atoms with E-state index in [1.54, 1.807) is 46.2 Å². The highest BCUT2D eigenvalue weighted by molar-refractivity contribution is 5.75. The zero-order chi connectivity index (χ0) is 26.9. The maximum absolute atomic E-state index is 14.3. The summed E-state index contributed by atoms with van der Waals surface area (Å²) in [6.45, 7) is 1.71. The van der Waals surface area contributed by atoms with E-state index >= 15 is 0 Å². The Hall–Kier alpha value is -3.60. The van der Waals surface area contributed by atoms with Crippen molar-refractivity contribution in [1.82, 2.24) is 20.0 Å². The van der Waals surface area contributed by atoms with Gasteiger partial charge in [-0.3, -0.25) is 5.10 Å². The predicted molar refractivity (Wildman–Crippen MR) is 131 cm³/mol. The second kappa shape index (κ2) is 10.6. The second-order valence-corrected chi connectivity index (χ2v) is 9.84. The number of rotatable bonds is 4. The van der Waals surface area contributed by atoms with E-state index in [1.807, 2.05) is 0 Å². The molecule has 0 bridgehead atoms. The largest absolute Gasteiger partial charge is 0.573 e. The van der Waals surface area contributed by atoms with E-state index in [-0.39, 0.29) is 23.6 Å². The number of nitrogens with zero attached hydrogens (tertiary/aromatic N) is 3. The van der Waals surface area contributed by atoms with Crippen molar-refractivity contribution < 1.29 is 32.2 Å². The third-order valence-corrected chi connectivity index (χ3v) is 7.23. The Morgan fingerprint density at radius 2 is 1.68 bits per heavy atom. The molecular formula is C27H28F4N4O3. The highest BCUT2D eigenvalue weighted by atomic mass is 19.4. The lowest BCUT2D eigenvalue weighted by Gasteiger charge is -2.41. The fourth-order valence-electron chi connectivity index (χ4n) is 5.27. The summed E-state index contributed by atoms with van der Waals surface area (Å²) in [5, 5.41) is 17.2. The molecular weight excluding hydrogens is 504 g/mol. The minimum absolute atomic E-state index is 0.141. The molecule has 5 rings (SSSR count). The number of aromatic amines is 1. The van der Waals surface area contributed by atoms with E-state index in [9.17, 15) is 27.5 Å². The van der Waals surface area contributed by atoms with Gasteiger partial charge in [0.05, 0.1) is 11.8 Å². The van der Waals surface area contributed by atoms with Gasteiger partial charge in [-0.2, -0.15) is 5.10 Å². The fraction of sp³-hybridized carbons (Fsp3) is 0.407. The number of halogens is 4. The van der Waals surface area contributed by atoms with Crippen LogP contribution in [-0.4, -0.2) is 69.8 Å². The normalized spacial score (nSPS) is 21.0. The Labute approximate surface area is 217 Å². The number of amides is 2. The first-order valence-corrected chi connectivity index (χ1v) is 12.5. The zero-order valence-electron chi connectivity index (χ0n) is 20.5. The average molecular weight is 533 g/mol. The number of aliphatic hydroxyl groups is 1. The van der Waals surface area contributed by atoms with E-state index < -0.39 is 18.3 Å². The summed E-state index contributed by atoms with van der Waals surface area (Å²) in [5.41, 5.74) is 2.35. The minimum Gasteiger partial charge on any atom is -0.406 e. The molecule has 0 spiro atoms. The molecule has 2 aromatic carbocycles. The first-order chi connectivity index (χ1) is 18.2. The van der Waals surface area contributed by atoms with Gasteiger partial charge in [0.25, 0.3) is 0 Å². The van der Waals surface area contributed by atoms with Crippen LogP contribution in [0.5, 0.6) is 5.75 Å². The van der Waals surface area contributed by atoms with Crippen molar-refractivity contribution in [2.45, 2.75) is 43.6 Å². The number of H-pyrrole nitrogens is 1. The number of carbonyl (C=O) groups is 1. The predicted octanol–water partition coefficient (Wildman–Crippen LogP) is 5.26. The van der Waals surface area contributed by atoms with E-state index in [4.69, 9.17) is 0 Å². The second-order valence-electron chi connectivity index (χ2n) is 9.84. The van der Waals surface area contributed by atoms with Gasteiger partial charge in [-0.05, 0) is 55.2 Å². The van der Waals surface area contributed by atoms with Crippen LogP contribution in [0, 0.1) is 5.82 Å². The maximum Gasteiger partial charge on any atom is 0.573 e. The van der Waals surface area contributed by atoms with Crippen molar-refractivity contribution in [2.75, 3.05) is 26.2 Å². The van der Waals surface area contributed by atoms with Gasteiger partial charge in [0.1, 0.15) is 11.6 Å². The number of ether oxygens (including phenoxy) is 1. The summed E-state index contributed by atoms with van der Waals surface area (Å²) in [6, 6.07) is 13.7. The van der Waals surface area contributed by atoms with Crippen molar-refractivity contribution in [3.63, 3.8) is 0 Å². The molecule has 2 fully saturated rings. The molecule has 0 radical (unpaired) electrons. The molecule has 11 heteroatoms. The molecule has 3 heterocycles. The van der Waals surface area contributed by atoms with Gasteiger partial charge >= 0.3 is 12.4 Å². The molecule has 2 aliphatic heterocycles. The van der Waals surface area contributed by atoms with E-state index in [0.717, 1.165) is 11.3 Å². The van der Waals surface area contributed by atoms with Gasteiger partial charge in [0.15, 0.2) is 0 Å². The summed E-state index contributed by atoms with van der Waals surface area (Å²) in [7, 11) is 0. The van der Waals surface area contributed by atoms with Crippen molar-refractivity contribution in [1.29, 1.82) is 0 Å². The number of aliphatic hydroxyl groups excluding tert-OH is 1. The lowest BCUT2D eigenvalue weighted by atomic mass is 9.83. The van der Waals surface area contributed by atoms with Crippen LogP contribution in [0.3, 0.4) is 0 Å². The van der Waals surface area contributed by atoms with Crippen LogP contribution in [0.4, 0.5) is 22.4 Å². The number of urea groups is 1. The summed E-state index contributed by atoms with van der Waals surface area (Å²) < 4.78 is 56.2. The molecule has 0 saturated carbocycles. The van der Waals surface area contributed by atoms with E-state index in [1.165, 1.54) is 18.2 Å². The third kappa shape index (κ3) is 5.93. The van der Waals surface area contributed by atoms with Gasteiger partial charge in [0.2, 0.25) is 0 Å². The molecule has 7 nitrogen and oxygen atoms in total. The summed E-state index contributed by atoms with van der Waals surface area (Å²) >= 11 is 0. The Balaban J connectivity index is 1.40. The number of alkyl halides is 3. The molecule has 0 aliphatic carbocycles. The van der Waals surface area contributed by atoms with Crippen LogP contribution in [0.2, 0.25) is 0 Å². The number of nitrogens with one attached hydrogen (secondary N) is 1. The molecule has 2 saturated heterocycles. The van der Waals surface area contributed by atoms with Crippen LogP contribution in [0.1, 0.15) is 42.4 Å². The molecule has 202 valence electrons. The molecule has 38 heavy (non-hydrogen) atoms. The van der Waals surface area contributed by atoms with Crippen LogP contribution in [-0.2, 0) is 0 Å². The van der Waals surface area contributed by atoms with Crippen LogP contribution in [0.15, 0.2) is 54.6 Å². The van der Waals surface area contributed by atoms with Gasteiger partial charge in [-0.15, -0.1) is 13.2 Å². The Morgan fingerprint density at radius 1 is 1.00 bits per heavy atom. The Kier molecular flexibility index (Phi) is 7.29. The molecule has 2 N–H and O–H groups in total. The summed E-state index contributed by atoms with van der Waals surface area (Å²) in [4.78, 5) is 16.9. The number of piperidine rings is 2. The molecule has 2 atom stereocenters. The molecule has 1 aromatic heterocycles. The lowest BCUT2D eigenvalue weighted by molar-refractivity contribution is -0.274. The number of likely N-dealkylation sites (tertiary alicyclic amines) is 2. The van der Waals surface area contributed by atoms with Gasteiger partial charge < -0.3 is 19.6 Å².